The Balaban J connectivity index is 3.01. The minimum atomic E-state index is -0.993. The molecule has 1 aromatic heterocycles. The first-order valence-electron chi connectivity index (χ1n) is 2.98. The molecule has 0 atom stereocenters. The molecule has 11 heavy (non-hydrogen) atoms. The molecule has 0 saturated heterocycles. The number of aromatic nitrogens is 1. The van der Waals surface area contributed by atoms with Gasteiger partial charge in [0.2, 0.25) is 0 Å². The van der Waals surface area contributed by atoms with E-state index in [1.807, 2.05) is 0 Å². The molecule has 0 spiro atoms. The molecule has 0 unspecified atom stereocenters. The second kappa shape index (κ2) is 3.48. The minimum Gasteiger partial charge on any atom is -0.477 e. The summed E-state index contributed by atoms with van der Waals surface area (Å²) < 4.78 is 0. The molecule has 3 nitrogen and oxygen atoms in total. The normalized spacial score (nSPS) is 9.55. The fourth-order valence-electron chi connectivity index (χ4n) is 0.674. The van der Waals surface area contributed by atoms with Crippen molar-refractivity contribution in [3.05, 3.63) is 29.6 Å². The summed E-state index contributed by atoms with van der Waals surface area (Å²) in [5, 5.41) is 9.18. The van der Waals surface area contributed by atoms with Crippen molar-refractivity contribution in [1.29, 1.82) is 0 Å². The van der Waals surface area contributed by atoms with Gasteiger partial charge in [0.25, 0.3) is 0 Å². The molecule has 0 aliphatic rings. The zero-order chi connectivity index (χ0) is 8.27. The van der Waals surface area contributed by atoms with Gasteiger partial charge in [-0.25, -0.2) is 9.78 Å². The Labute approximate surface area is 72.2 Å². The molecule has 4 heteroatoms. The fraction of sp³-hybridized carbons (Fsp3) is 0.143. The molecule has 58 valence electrons. The van der Waals surface area contributed by atoms with Crippen LogP contribution in [0.25, 0.3) is 0 Å². The second-order valence-electron chi connectivity index (χ2n) is 1.99. The van der Waals surface area contributed by atoms with Gasteiger partial charge >= 0.3 is 5.97 Å². The van der Waals surface area contributed by atoms with Gasteiger partial charge in [0, 0.05) is 11.5 Å². The maximum Gasteiger partial charge on any atom is 0.354 e. The van der Waals surface area contributed by atoms with E-state index >= 15 is 0 Å². The summed E-state index contributed by atoms with van der Waals surface area (Å²) in [6.45, 7) is 0. The molecule has 0 aliphatic carbocycles. The van der Waals surface area contributed by atoms with E-state index in [0.717, 1.165) is 5.56 Å². The van der Waals surface area contributed by atoms with E-state index in [2.05, 4.69) is 20.9 Å². The van der Waals surface area contributed by atoms with Crippen molar-refractivity contribution in [3.8, 4) is 0 Å². The first-order chi connectivity index (χ1) is 5.24. The number of carboxylic acids is 1. The van der Waals surface area contributed by atoms with E-state index in [0.29, 0.717) is 5.33 Å². The quantitative estimate of drug-likeness (QED) is 0.765. The van der Waals surface area contributed by atoms with Crippen molar-refractivity contribution in [2.45, 2.75) is 5.33 Å². The van der Waals surface area contributed by atoms with Gasteiger partial charge in [0.1, 0.15) is 5.69 Å². The molecule has 1 rings (SSSR count). The molecule has 0 saturated carbocycles. The lowest BCUT2D eigenvalue weighted by atomic mass is 10.2. The highest BCUT2D eigenvalue weighted by molar-refractivity contribution is 9.08. The van der Waals surface area contributed by atoms with Crippen molar-refractivity contribution < 1.29 is 9.90 Å². The lowest BCUT2D eigenvalue weighted by Gasteiger charge is -1.95. The van der Waals surface area contributed by atoms with Crippen molar-refractivity contribution in [1.82, 2.24) is 4.98 Å². The Bertz CT molecular complexity index is 275. The van der Waals surface area contributed by atoms with Crippen LogP contribution < -0.4 is 0 Å². The van der Waals surface area contributed by atoms with Gasteiger partial charge < -0.3 is 5.11 Å². The summed E-state index contributed by atoms with van der Waals surface area (Å²) in [5.74, 6) is -0.993. The van der Waals surface area contributed by atoms with Crippen LogP contribution in [0.3, 0.4) is 0 Å². The molecule has 0 radical (unpaired) electrons. The molecule has 0 aromatic carbocycles. The number of carbonyl (C=O) groups is 1. The monoisotopic (exact) mass is 215 g/mol. The molecule has 1 aromatic rings. The summed E-state index contributed by atoms with van der Waals surface area (Å²) in [7, 11) is 0. The highest BCUT2D eigenvalue weighted by Crippen LogP contribution is 2.05. The summed E-state index contributed by atoms with van der Waals surface area (Å²) in [6, 6.07) is 3.30. The first-order valence-corrected chi connectivity index (χ1v) is 4.10. The van der Waals surface area contributed by atoms with Crippen molar-refractivity contribution in [2.24, 2.45) is 0 Å². The molecule has 1 heterocycles. The average molecular weight is 216 g/mol. The lowest BCUT2D eigenvalue weighted by molar-refractivity contribution is 0.0690. The third-order valence-electron chi connectivity index (χ3n) is 1.20. The van der Waals surface area contributed by atoms with E-state index in [4.69, 9.17) is 5.11 Å². The van der Waals surface area contributed by atoms with E-state index in [-0.39, 0.29) is 5.69 Å². The number of halogens is 1. The smallest absolute Gasteiger partial charge is 0.354 e. The van der Waals surface area contributed by atoms with Gasteiger partial charge in [0.05, 0.1) is 0 Å². The maximum atomic E-state index is 10.4. The Kier molecular flexibility index (Phi) is 2.59. The van der Waals surface area contributed by atoms with E-state index < -0.39 is 5.97 Å². The van der Waals surface area contributed by atoms with Crippen LogP contribution in [0.4, 0.5) is 0 Å². The van der Waals surface area contributed by atoms with Gasteiger partial charge in [-0.3, -0.25) is 0 Å². The predicted octanol–water partition coefficient (Wildman–Crippen LogP) is 1.67. The highest BCUT2D eigenvalue weighted by Gasteiger charge is 2.03. The number of pyridine rings is 1. The van der Waals surface area contributed by atoms with E-state index in [1.165, 1.54) is 12.3 Å². The number of hydrogen-bond donors (Lipinski definition) is 1. The molecular formula is C7H6BrNO2. The summed E-state index contributed by atoms with van der Waals surface area (Å²) in [6.07, 6.45) is 1.49. The molecular weight excluding hydrogens is 210 g/mol. The summed E-state index contributed by atoms with van der Waals surface area (Å²) in [5.41, 5.74) is 0.999. The molecule has 1 N–H and O–H groups in total. The number of nitrogens with zero attached hydrogens (tertiary/aromatic N) is 1. The Morgan fingerprint density at radius 2 is 2.45 bits per heavy atom. The van der Waals surface area contributed by atoms with E-state index in [1.54, 1.807) is 6.07 Å². The lowest BCUT2D eigenvalue weighted by Crippen LogP contribution is -1.99. The molecule has 0 aliphatic heterocycles. The average Bonchev–Trinajstić information content (AvgIpc) is 2.05. The molecule has 0 amide bonds. The van der Waals surface area contributed by atoms with Gasteiger partial charge in [-0.1, -0.05) is 15.9 Å². The summed E-state index contributed by atoms with van der Waals surface area (Å²) in [4.78, 5) is 14.1. The molecule has 0 bridgehead atoms. The van der Waals surface area contributed by atoms with Crippen LogP contribution in [-0.4, -0.2) is 16.1 Å². The van der Waals surface area contributed by atoms with Crippen molar-refractivity contribution >= 4 is 21.9 Å². The standard InChI is InChI=1S/C7H6BrNO2/c8-4-5-1-2-9-6(3-5)7(10)11/h1-3H,4H2,(H,10,11). The van der Waals surface area contributed by atoms with Crippen molar-refractivity contribution in [2.75, 3.05) is 0 Å². The van der Waals surface area contributed by atoms with Crippen LogP contribution in [0, 0.1) is 0 Å². The van der Waals surface area contributed by atoms with Crippen LogP contribution in [0.5, 0.6) is 0 Å². The topological polar surface area (TPSA) is 50.2 Å². The largest absolute Gasteiger partial charge is 0.477 e. The number of aromatic carboxylic acids is 1. The van der Waals surface area contributed by atoms with Gasteiger partial charge in [-0.05, 0) is 17.7 Å². The van der Waals surface area contributed by atoms with Crippen LogP contribution in [-0.2, 0) is 5.33 Å². The first kappa shape index (κ1) is 8.20. The van der Waals surface area contributed by atoms with E-state index in [9.17, 15) is 4.79 Å². The second-order valence-corrected chi connectivity index (χ2v) is 2.55. The highest BCUT2D eigenvalue weighted by atomic mass is 79.9. The van der Waals surface area contributed by atoms with Crippen LogP contribution >= 0.6 is 15.9 Å². The predicted molar refractivity (Wildman–Crippen MR) is 43.8 cm³/mol. The zero-order valence-electron chi connectivity index (χ0n) is 5.62. The SMILES string of the molecule is O=C(O)c1cc(CBr)ccn1. The number of rotatable bonds is 2. The maximum absolute atomic E-state index is 10.4. The number of hydrogen-bond acceptors (Lipinski definition) is 2. The minimum absolute atomic E-state index is 0.0851. The Hall–Kier alpha value is -0.900. The third kappa shape index (κ3) is 2.01. The van der Waals surface area contributed by atoms with Crippen LogP contribution in [0.1, 0.15) is 16.1 Å². The number of carboxylic acid groups (broad SMARTS) is 1. The zero-order valence-corrected chi connectivity index (χ0v) is 7.21. The fourth-order valence-corrected chi connectivity index (χ4v) is 1.02. The van der Waals surface area contributed by atoms with Crippen LogP contribution in [0.2, 0.25) is 0 Å². The van der Waals surface area contributed by atoms with Gasteiger partial charge in [-0.15, -0.1) is 0 Å². The summed E-state index contributed by atoms with van der Waals surface area (Å²) >= 11 is 3.22. The van der Waals surface area contributed by atoms with Crippen LogP contribution in [0.15, 0.2) is 18.3 Å². The van der Waals surface area contributed by atoms with Gasteiger partial charge in [0.15, 0.2) is 0 Å². The Morgan fingerprint density at radius 3 is 3.00 bits per heavy atom. The third-order valence-corrected chi connectivity index (χ3v) is 1.85. The van der Waals surface area contributed by atoms with Gasteiger partial charge in [-0.2, -0.15) is 0 Å². The number of alkyl halides is 1. The molecule has 0 fully saturated rings. The van der Waals surface area contributed by atoms with Crippen molar-refractivity contribution in [3.63, 3.8) is 0 Å². The Morgan fingerprint density at radius 1 is 1.73 bits per heavy atom.